The molecule has 0 saturated carbocycles. The van der Waals surface area contributed by atoms with Gasteiger partial charge >= 0.3 is 17.9 Å². The van der Waals surface area contributed by atoms with Crippen molar-refractivity contribution >= 4 is 29.6 Å². The number of aliphatic carboxylic acids is 1. The van der Waals surface area contributed by atoms with Gasteiger partial charge in [-0.2, -0.15) is 0 Å². The van der Waals surface area contributed by atoms with Gasteiger partial charge in [-0.05, 0) is 6.92 Å². The van der Waals surface area contributed by atoms with E-state index in [0.717, 1.165) is 6.92 Å². The maximum absolute atomic E-state index is 11.4. The number of carbonyl (C=O) groups excluding carboxylic acids is 4. The van der Waals surface area contributed by atoms with Crippen LogP contribution in [0.5, 0.6) is 0 Å². The summed E-state index contributed by atoms with van der Waals surface area (Å²) in [5, 5.41) is 11.0. The van der Waals surface area contributed by atoms with Crippen LogP contribution in [0.1, 0.15) is 33.1 Å². The van der Waals surface area contributed by atoms with E-state index in [0.29, 0.717) is 0 Å². The summed E-state index contributed by atoms with van der Waals surface area (Å²) in [5.41, 5.74) is 0. The summed E-state index contributed by atoms with van der Waals surface area (Å²) < 4.78 is 8.81. The van der Waals surface area contributed by atoms with Crippen molar-refractivity contribution < 1.29 is 38.6 Å². The molecule has 0 aromatic heterocycles. The zero-order chi connectivity index (χ0) is 16.4. The Morgan fingerprint density at radius 3 is 2.14 bits per heavy atom. The normalized spacial score (nSPS) is 11.1. The molecule has 1 amide bonds. The average molecular weight is 303 g/mol. The molecule has 0 spiro atoms. The second-order valence-corrected chi connectivity index (χ2v) is 4.13. The molecule has 0 radical (unpaired) electrons. The Balaban J connectivity index is 4.26. The number of hydrogen-bond donors (Lipinski definition) is 2. The van der Waals surface area contributed by atoms with E-state index < -0.39 is 43.1 Å². The molecule has 0 bridgehead atoms. The fraction of sp³-hybridized carbons (Fsp3) is 0.583. The number of esters is 2. The largest absolute Gasteiger partial charge is 0.480 e. The van der Waals surface area contributed by atoms with E-state index in [4.69, 9.17) is 5.11 Å². The molecular weight excluding hydrogens is 286 g/mol. The third-order valence-corrected chi connectivity index (χ3v) is 2.19. The summed E-state index contributed by atoms with van der Waals surface area (Å²) in [4.78, 5) is 54.8. The molecule has 118 valence electrons. The van der Waals surface area contributed by atoms with Gasteiger partial charge in [0, 0.05) is 19.8 Å². The number of carboxylic acid groups (broad SMARTS) is 1. The van der Waals surface area contributed by atoms with Crippen molar-refractivity contribution in [2.24, 2.45) is 0 Å². The number of rotatable bonds is 9. The van der Waals surface area contributed by atoms with Crippen LogP contribution < -0.4 is 5.32 Å². The summed E-state index contributed by atoms with van der Waals surface area (Å²) in [6, 6.07) is -1.48. The first-order chi connectivity index (χ1) is 9.72. The van der Waals surface area contributed by atoms with Gasteiger partial charge in [0.05, 0.1) is 6.42 Å². The highest BCUT2D eigenvalue weighted by atomic mass is 16.7. The summed E-state index contributed by atoms with van der Waals surface area (Å²) in [7, 11) is 0. The second kappa shape index (κ2) is 9.45. The maximum Gasteiger partial charge on any atom is 0.326 e. The monoisotopic (exact) mass is 303 g/mol. The Bertz CT molecular complexity index is 431. The van der Waals surface area contributed by atoms with Gasteiger partial charge < -0.3 is 24.7 Å². The van der Waals surface area contributed by atoms with Crippen LogP contribution >= 0.6 is 0 Å². The topological polar surface area (TPSA) is 136 Å². The lowest BCUT2D eigenvalue weighted by atomic mass is 10.2. The number of amides is 1. The lowest BCUT2D eigenvalue weighted by Gasteiger charge is -2.13. The molecule has 9 heteroatoms. The van der Waals surface area contributed by atoms with Gasteiger partial charge in [0.25, 0.3) is 0 Å². The summed E-state index contributed by atoms with van der Waals surface area (Å²) in [5.74, 6) is -3.90. The van der Waals surface area contributed by atoms with Crippen molar-refractivity contribution in [3.05, 3.63) is 0 Å². The Kier molecular flexibility index (Phi) is 8.35. The van der Waals surface area contributed by atoms with Gasteiger partial charge in [0.15, 0.2) is 0 Å². The highest BCUT2D eigenvalue weighted by molar-refractivity contribution is 5.89. The summed E-state index contributed by atoms with van der Waals surface area (Å²) in [6.45, 7) is 1.79. The SMILES string of the molecule is CC(=O)CCC(=O)NC(CC(=O)OCOC(C)=O)C(=O)O. The fourth-order valence-electron chi connectivity index (χ4n) is 1.16. The van der Waals surface area contributed by atoms with E-state index in [1.165, 1.54) is 6.92 Å². The molecule has 0 aliphatic heterocycles. The Morgan fingerprint density at radius 1 is 1.05 bits per heavy atom. The number of hydrogen-bond acceptors (Lipinski definition) is 7. The number of nitrogens with one attached hydrogen (secondary N) is 1. The molecule has 1 unspecified atom stereocenters. The molecule has 0 saturated heterocycles. The summed E-state index contributed by atoms with van der Waals surface area (Å²) >= 11 is 0. The van der Waals surface area contributed by atoms with Crippen LogP contribution in [-0.4, -0.2) is 47.5 Å². The van der Waals surface area contributed by atoms with E-state index in [9.17, 15) is 24.0 Å². The Labute approximate surface area is 120 Å². The van der Waals surface area contributed by atoms with Crippen LogP contribution in [-0.2, 0) is 33.4 Å². The van der Waals surface area contributed by atoms with E-state index in [1.807, 2.05) is 0 Å². The molecule has 0 fully saturated rings. The minimum Gasteiger partial charge on any atom is -0.480 e. The van der Waals surface area contributed by atoms with Gasteiger partial charge in [-0.15, -0.1) is 0 Å². The van der Waals surface area contributed by atoms with Crippen molar-refractivity contribution in [1.29, 1.82) is 0 Å². The van der Waals surface area contributed by atoms with E-state index >= 15 is 0 Å². The van der Waals surface area contributed by atoms with E-state index in [-0.39, 0.29) is 18.6 Å². The number of ether oxygens (including phenoxy) is 2. The summed E-state index contributed by atoms with van der Waals surface area (Å²) in [6.07, 6.45) is -0.806. The van der Waals surface area contributed by atoms with Crippen LogP contribution in [0.3, 0.4) is 0 Å². The van der Waals surface area contributed by atoms with Crippen molar-refractivity contribution in [1.82, 2.24) is 5.32 Å². The van der Waals surface area contributed by atoms with Crippen LogP contribution in [0.4, 0.5) is 0 Å². The first-order valence-electron chi connectivity index (χ1n) is 6.03. The van der Waals surface area contributed by atoms with Crippen LogP contribution in [0.15, 0.2) is 0 Å². The molecule has 0 aromatic carbocycles. The highest BCUT2D eigenvalue weighted by Crippen LogP contribution is 1.99. The third kappa shape index (κ3) is 10.0. The molecule has 0 aromatic rings. The van der Waals surface area contributed by atoms with Gasteiger partial charge in [0.1, 0.15) is 11.8 Å². The maximum atomic E-state index is 11.4. The predicted molar refractivity (Wildman–Crippen MR) is 66.8 cm³/mol. The lowest BCUT2D eigenvalue weighted by Crippen LogP contribution is -2.42. The third-order valence-electron chi connectivity index (χ3n) is 2.19. The number of carboxylic acids is 1. The molecule has 1 atom stereocenters. The van der Waals surface area contributed by atoms with Crippen molar-refractivity contribution in [3.8, 4) is 0 Å². The van der Waals surface area contributed by atoms with E-state index in [1.54, 1.807) is 0 Å². The van der Waals surface area contributed by atoms with Crippen molar-refractivity contribution in [2.45, 2.75) is 39.2 Å². The molecule has 0 aliphatic carbocycles. The molecule has 0 aliphatic rings. The molecule has 0 rings (SSSR count). The standard InChI is InChI=1S/C12H17NO8/c1-7(14)3-4-10(16)13-9(12(18)19)5-11(17)21-6-20-8(2)15/h9H,3-6H2,1-2H3,(H,13,16)(H,18,19). The molecular formula is C12H17NO8. The smallest absolute Gasteiger partial charge is 0.326 e. The van der Waals surface area contributed by atoms with Crippen LogP contribution in [0, 0.1) is 0 Å². The number of carbonyl (C=O) groups is 5. The van der Waals surface area contributed by atoms with Crippen molar-refractivity contribution in [3.63, 3.8) is 0 Å². The fourth-order valence-corrected chi connectivity index (χ4v) is 1.16. The molecule has 2 N–H and O–H groups in total. The Hall–Kier alpha value is -2.45. The lowest BCUT2D eigenvalue weighted by molar-refractivity contribution is -0.167. The zero-order valence-electron chi connectivity index (χ0n) is 11.7. The van der Waals surface area contributed by atoms with Gasteiger partial charge in [-0.25, -0.2) is 4.79 Å². The van der Waals surface area contributed by atoms with Crippen molar-refractivity contribution in [2.75, 3.05) is 6.79 Å². The molecule has 9 nitrogen and oxygen atoms in total. The minimum absolute atomic E-state index is 0.0188. The van der Waals surface area contributed by atoms with Gasteiger partial charge in [-0.3, -0.25) is 14.4 Å². The van der Waals surface area contributed by atoms with Crippen LogP contribution in [0.25, 0.3) is 0 Å². The first-order valence-corrected chi connectivity index (χ1v) is 6.03. The van der Waals surface area contributed by atoms with Gasteiger partial charge in [0.2, 0.25) is 12.7 Å². The zero-order valence-corrected chi connectivity index (χ0v) is 11.7. The quantitative estimate of drug-likeness (QED) is 0.425. The van der Waals surface area contributed by atoms with Gasteiger partial charge in [-0.1, -0.05) is 0 Å². The Morgan fingerprint density at radius 2 is 1.67 bits per heavy atom. The second-order valence-electron chi connectivity index (χ2n) is 4.13. The first kappa shape index (κ1) is 18.6. The van der Waals surface area contributed by atoms with Crippen LogP contribution in [0.2, 0.25) is 0 Å². The number of Topliss-reactive ketones (excluding diaryl/α,β-unsaturated/α-hetero) is 1. The van der Waals surface area contributed by atoms with E-state index in [2.05, 4.69) is 14.8 Å². The average Bonchev–Trinajstić information content (AvgIpc) is 2.34. The predicted octanol–water partition coefficient (Wildman–Crippen LogP) is -0.621. The minimum atomic E-state index is -1.48. The molecule has 0 heterocycles. The molecule has 21 heavy (non-hydrogen) atoms. The highest BCUT2D eigenvalue weighted by Gasteiger charge is 2.24. The number of ketones is 1.